The molecule has 0 amide bonds. The molecular formula is C23H47NaO4S. The number of aliphatic hydroxyl groups is 1. The van der Waals surface area contributed by atoms with Crippen LogP contribution in [0.1, 0.15) is 136 Å². The van der Waals surface area contributed by atoms with Gasteiger partial charge in [-0.1, -0.05) is 123 Å². The summed E-state index contributed by atoms with van der Waals surface area (Å²) >= 11 is 0. The number of hydrogen-bond donors (Lipinski definition) is 1. The summed E-state index contributed by atoms with van der Waals surface area (Å²) in [6.07, 6.45) is 19.5. The van der Waals surface area contributed by atoms with Gasteiger partial charge in [-0.25, -0.2) is 8.42 Å². The summed E-state index contributed by atoms with van der Waals surface area (Å²) in [5.74, 6) is 0. The molecule has 0 aliphatic rings. The normalized spacial score (nSPS) is 13.8. The molecule has 0 saturated carbocycles. The molecule has 4 nitrogen and oxygen atoms in total. The zero-order chi connectivity index (χ0) is 21.1. The van der Waals surface area contributed by atoms with Crippen molar-refractivity contribution in [2.24, 2.45) is 0 Å². The molecule has 0 aliphatic heterocycles. The number of aliphatic hydroxyl groups excluding tert-OH is 1. The number of hydrogen-bond acceptors (Lipinski definition) is 4. The van der Waals surface area contributed by atoms with Crippen LogP contribution in [0.4, 0.5) is 0 Å². The summed E-state index contributed by atoms with van der Waals surface area (Å²) in [7, 11) is -4.43. The maximum Gasteiger partial charge on any atom is 1.00 e. The fraction of sp³-hybridized carbons (Fsp3) is 1.00. The first-order valence-corrected chi connectivity index (χ1v) is 13.5. The quantitative estimate of drug-likeness (QED) is 0.167. The van der Waals surface area contributed by atoms with Gasteiger partial charge in [0.2, 0.25) is 0 Å². The fourth-order valence-corrected chi connectivity index (χ4v) is 4.83. The van der Waals surface area contributed by atoms with E-state index >= 15 is 0 Å². The smallest absolute Gasteiger partial charge is 0.748 e. The monoisotopic (exact) mass is 442 g/mol. The first kappa shape index (κ1) is 32.1. The molecule has 0 rings (SSSR count). The summed E-state index contributed by atoms with van der Waals surface area (Å²) in [5.41, 5.74) is 0. The molecule has 0 aliphatic carbocycles. The van der Waals surface area contributed by atoms with Crippen LogP contribution in [0.3, 0.4) is 0 Å². The van der Waals surface area contributed by atoms with Crippen molar-refractivity contribution in [2.45, 2.75) is 147 Å². The van der Waals surface area contributed by atoms with Gasteiger partial charge in [-0.2, -0.15) is 0 Å². The second kappa shape index (κ2) is 22.1. The van der Waals surface area contributed by atoms with Crippen LogP contribution < -0.4 is 29.6 Å². The predicted octanol–water partition coefficient (Wildman–Crippen LogP) is 3.72. The van der Waals surface area contributed by atoms with Crippen LogP contribution in [0.15, 0.2) is 0 Å². The van der Waals surface area contributed by atoms with Crippen LogP contribution in [0.25, 0.3) is 0 Å². The number of unbranched alkanes of at least 4 members (excludes halogenated alkanes) is 15. The van der Waals surface area contributed by atoms with Crippen LogP contribution in [0, 0.1) is 0 Å². The maximum absolute atomic E-state index is 11.5. The van der Waals surface area contributed by atoms with E-state index in [1.165, 1.54) is 57.8 Å². The molecule has 0 aromatic heterocycles. The third-order valence-electron chi connectivity index (χ3n) is 5.75. The van der Waals surface area contributed by atoms with Crippen LogP contribution in [-0.4, -0.2) is 29.4 Å². The molecular weight excluding hydrogens is 395 g/mol. The molecule has 170 valence electrons. The minimum atomic E-state index is -4.43. The van der Waals surface area contributed by atoms with Gasteiger partial charge in [-0.15, -0.1) is 0 Å². The molecule has 0 heterocycles. The fourth-order valence-electron chi connectivity index (χ4n) is 3.86. The van der Waals surface area contributed by atoms with E-state index in [9.17, 15) is 18.1 Å². The Morgan fingerprint density at radius 1 is 0.621 bits per heavy atom. The molecule has 0 fully saturated rings. The number of rotatable bonds is 21. The Bertz CT molecular complexity index is 429. The van der Waals surface area contributed by atoms with Gasteiger partial charge >= 0.3 is 29.6 Å². The first-order chi connectivity index (χ1) is 13.4. The second-order valence-electron chi connectivity index (χ2n) is 8.48. The zero-order valence-electron chi connectivity index (χ0n) is 19.7. The summed E-state index contributed by atoms with van der Waals surface area (Å²) < 4.78 is 34.6. The molecule has 1 N–H and O–H groups in total. The minimum absolute atomic E-state index is 0. The van der Waals surface area contributed by atoms with Gasteiger partial charge < -0.3 is 9.66 Å². The molecule has 0 radical (unpaired) electrons. The first-order valence-electron chi connectivity index (χ1n) is 12.1. The Kier molecular flexibility index (Phi) is 24.4. The van der Waals surface area contributed by atoms with Crippen LogP contribution in [0.5, 0.6) is 0 Å². The van der Waals surface area contributed by atoms with E-state index in [1.54, 1.807) is 0 Å². The molecule has 0 aromatic carbocycles. The summed E-state index contributed by atoms with van der Waals surface area (Å²) in [6.45, 7) is 4.38. The van der Waals surface area contributed by atoms with Gasteiger partial charge in [0.05, 0.1) is 11.4 Å². The Balaban J connectivity index is 0. The Hall–Kier alpha value is 0.870. The Morgan fingerprint density at radius 3 is 1.28 bits per heavy atom. The summed E-state index contributed by atoms with van der Waals surface area (Å²) in [5, 5.41) is 9.08. The van der Waals surface area contributed by atoms with E-state index in [-0.39, 0.29) is 29.6 Å². The van der Waals surface area contributed by atoms with Crippen molar-refractivity contribution in [3.63, 3.8) is 0 Å². The second-order valence-corrected chi connectivity index (χ2v) is 10.1. The largest absolute Gasteiger partial charge is 1.00 e. The third kappa shape index (κ3) is 20.5. The zero-order valence-corrected chi connectivity index (χ0v) is 22.5. The Labute approximate surface area is 204 Å². The van der Waals surface area contributed by atoms with Crippen molar-refractivity contribution in [1.29, 1.82) is 0 Å². The van der Waals surface area contributed by atoms with Crippen molar-refractivity contribution < 1.29 is 47.6 Å². The Morgan fingerprint density at radius 2 is 0.931 bits per heavy atom. The molecule has 29 heavy (non-hydrogen) atoms. The van der Waals surface area contributed by atoms with Crippen molar-refractivity contribution >= 4 is 10.1 Å². The molecule has 0 aromatic rings. The topological polar surface area (TPSA) is 77.4 Å². The van der Waals surface area contributed by atoms with Gasteiger partial charge in [-0.05, 0) is 12.8 Å². The SMILES string of the molecule is CCCCCCCCCCCCCCC(C(O)CCCCCCC)S(=O)(=O)[O-].[Na+]. The standard InChI is InChI=1S/C23H48O4S.Na/c1-3-5-7-9-10-11-12-13-14-15-17-19-21-23(28(25,26)27)22(24)20-18-16-8-6-4-2;/h22-24H,3-21H2,1-2H3,(H,25,26,27);/q;+1/p-1. The van der Waals surface area contributed by atoms with Gasteiger partial charge in [0.1, 0.15) is 10.1 Å². The van der Waals surface area contributed by atoms with E-state index < -0.39 is 21.5 Å². The molecule has 0 bridgehead atoms. The molecule has 0 spiro atoms. The molecule has 2 atom stereocenters. The van der Waals surface area contributed by atoms with Crippen molar-refractivity contribution in [2.75, 3.05) is 0 Å². The van der Waals surface area contributed by atoms with E-state index in [0.29, 0.717) is 12.8 Å². The van der Waals surface area contributed by atoms with E-state index in [1.807, 2.05) is 0 Å². The van der Waals surface area contributed by atoms with Gasteiger partial charge in [0.25, 0.3) is 0 Å². The summed E-state index contributed by atoms with van der Waals surface area (Å²) in [6, 6.07) is 0. The van der Waals surface area contributed by atoms with E-state index in [4.69, 9.17) is 0 Å². The van der Waals surface area contributed by atoms with Gasteiger partial charge in [0, 0.05) is 0 Å². The van der Waals surface area contributed by atoms with Crippen LogP contribution in [0.2, 0.25) is 0 Å². The molecule has 0 saturated heterocycles. The van der Waals surface area contributed by atoms with E-state index in [0.717, 1.165) is 51.4 Å². The van der Waals surface area contributed by atoms with Crippen molar-refractivity contribution in [3.05, 3.63) is 0 Å². The van der Waals surface area contributed by atoms with Gasteiger partial charge in [0.15, 0.2) is 0 Å². The third-order valence-corrected chi connectivity index (χ3v) is 7.04. The molecule has 2 unspecified atom stereocenters. The predicted molar refractivity (Wildman–Crippen MR) is 119 cm³/mol. The van der Waals surface area contributed by atoms with Crippen LogP contribution >= 0.6 is 0 Å². The minimum Gasteiger partial charge on any atom is -0.748 e. The average molecular weight is 443 g/mol. The van der Waals surface area contributed by atoms with Crippen molar-refractivity contribution in [3.8, 4) is 0 Å². The van der Waals surface area contributed by atoms with Crippen LogP contribution in [-0.2, 0) is 10.1 Å². The van der Waals surface area contributed by atoms with E-state index in [2.05, 4.69) is 13.8 Å². The average Bonchev–Trinajstić information content (AvgIpc) is 2.64. The summed E-state index contributed by atoms with van der Waals surface area (Å²) in [4.78, 5) is 0. The molecule has 6 heteroatoms. The maximum atomic E-state index is 11.5. The van der Waals surface area contributed by atoms with Crippen molar-refractivity contribution in [1.82, 2.24) is 0 Å². The van der Waals surface area contributed by atoms with Gasteiger partial charge in [-0.3, -0.25) is 0 Å².